The molecule has 2 aromatic rings. The zero-order valence-electron chi connectivity index (χ0n) is 14.9. The predicted octanol–water partition coefficient (Wildman–Crippen LogP) is 2.76. The zero-order chi connectivity index (χ0) is 19.1. The van der Waals surface area contributed by atoms with Crippen molar-refractivity contribution in [2.24, 2.45) is 0 Å². The fraction of sp³-hybridized carbons (Fsp3) is 0.316. The van der Waals surface area contributed by atoms with Gasteiger partial charge < -0.3 is 9.84 Å². The Morgan fingerprint density at radius 3 is 2.35 bits per heavy atom. The van der Waals surface area contributed by atoms with E-state index >= 15 is 0 Å². The number of methoxy groups -OCH3 is 1. The summed E-state index contributed by atoms with van der Waals surface area (Å²) in [5, 5.41) is 9.17. The normalized spacial score (nSPS) is 14.7. The van der Waals surface area contributed by atoms with Crippen LogP contribution in [0.2, 0.25) is 0 Å². The van der Waals surface area contributed by atoms with Gasteiger partial charge in [-0.25, -0.2) is 13.2 Å². The van der Waals surface area contributed by atoms with Gasteiger partial charge in [-0.05, 0) is 66.8 Å². The lowest BCUT2D eigenvalue weighted by Crippen LogP contribution is -2.36. The van der Waals surface area contributed by atoms with Gasteiger partial charge in [0.05, 0.1) is 17.6 Å². The van der Waals surface area contributed by atoms with Gasteiger partial charge in [-0.1, -0.05) is 6.07 Å². The second-order valence-electron chi connectivity index (χ2n) is 6.47. The molecule has 0 saturated heterocycles. The number of ether oxygens (including phenoxy) is 1. The second-order valence-corrected chi connectivity index (χ2v) is 8.34. The Kier molecular flexibility index (Phi) is 4.77. The predicted molar refractivity (Wildman–Crippen MR) is 97.2 cm³/mol. The molecule has 3 rings (SSSR count). The molecule has 0 fully saturated rings. The topological polar surface area (TPSA) is 83.9 Å². The van der Waals surface area contributed by atoms with E-state index in [1.807, 2.05) is 0 Å². The first-order valence-corrected chi connectivity index (χ1v) is 9.68. The SMILES string of the molecule is COc1cc(C)c(S(=O)(=O)N2CCc3ccc(C(=O)O)cc3C2)c(C)c1. The van der Waals surface area contributed by atoms with Crippen LogP contribution in [0.1, 0.15) is 32.6 Å². The first-order chi connectivity index (χ1) is 12.2. The number of fused-ring (bicyclic) bond motifs is 1. The van der Waals surface area contributed by atoms with Crippen molar-refractivity contribution in [3.05, 3.63) is 58.1 Å². The van der Waals surface area contributed by atoms with E-state index in [1.165, 1.54) is 4.31 Å². The van der Waals surface area contributed by atoms with Crippen LogP contribution in [0, 0.1) is 13.8 Å². The van der Waals surface area contributed by atoms with Crippen LogP contribution in [0.15, 0.2) is 35.2 Å². The molecule has 2 aromatic carbocycles. The maximum absolute atomic E-state index is 13.2. The third-order valence-electron chi connectivity index (χ3n) is 4.70. The number of hydrogen-bond donors (Lipinski definition) is 1. The van der Waals surface area contributed by atoms with Crippen LogP contribution < -0.4 is 4.74 Å². The van der Waals surface area contributed by atoms with Crippen LogP contribution in [-0.4, -0.2) is 37.5 Å². The Labute approximate surface area is 153 Å². The van der Waals surface area contributed by atoms with Gasteiger partial charge in [0, 0.05) is 13.1 Å². The number of sulfonamides is 1. The van der Waals surface area contributed by atoms with E-state index in [9.17, 15) is 13.2 Å². The Morgan fingerprint density at radius 2 is 1.77 bits per heavy atom. The highest BCUT2D eigenvalue weighted by molar-refractivity contribution is 7.89. The molecular formula is C19H21NO5S. The van der Waals surface area contributed by atoms with Crippen LogP contribution in [-0.2, 0) is 23.0 Å². The molecular weight excluding hydrogens is 354 g/mol. The maximum atomic E-state index is 13.2. The van der Waals surface area contributed by atoms with E-state index in [1.54, 1.807) is 51.3 Å². The summed E-state index contributed by atoms with van der Waals surface area (Å²) in [5.74, 6) is -0.399. The molecule has 1 aliphatic heterocycles. The number of carboxylic acids is 1. The highest BCUT2D eigenvalue weighted by Gasteiger charge is 2.31. The third kappa shape index (κ3) is 3.20. The Balaban J connectivity index is 2.00. The largest absolute Gasteiger partial charge is 0.497 e. The summed E-state index contributed by atoms with van der Waals surface area (Å²) in [6, 6.07) is 8.31. The van der Waals surface area contributed by atoms with Gasteiger partial charge in [0.2, 0.25) is 10.0 Å². The van der Waals surface area contributed by atoms with E-state index in [2.05, 4.69) is 0 Å². The van der Waals surface area contributed by atoms with E-state index in [-0.39, 0.29) is 17.0 Å². The fourth-order valence-electron chi connectivity index (χ4n) is 3.43. The lowest BCUT2D eigenvalue weighted by molar-refractivity contribution is 0.0696. The van der Waals surface area contributed by atoms with Crippen molar-refractivity contribution in [3.63, 3.8) is 0 Å². The van der Waals surface area contributed by atoms with Gasteiger partial charge in [-0.15, -0.1) is 0 Å². The summed E-state index contributed by atoms with van der Waals surface area (Å²) in [5.41, 5.74) is 3.16. The van der Waals surface area contributed by atoms with Crippen molar-refractivity contribution >= 4 is 16.0 Å². The second kappa shape index (κ2) is 6.74. The number of aryl methyl sites for hydroxylation is 2. The number of aromatic carboxylic acids is 1. The van der Waals surface area contributed by atoms with Gasteiger partial charge in [0.15, 0.2) is 0 Å². The third-order valence-corrected chi connectivity index (χ3v) is 6.85. The first-order valence-electron chi connectivity index (χ1n) is 8.24. The number of benzene rings is 2. The Bertz CT molecular complexity index is 958. The van der Waals surface area contributed by atoms with Crippen LogP contribution in [0.5, 0.6) is 5.75 Å². The highest BCUT2D eigenvalue weighted by Crippen LogP contribution is 2.31. The number of hydrogen-bond acceptors (Lipinski definition) is 4. The molecule has 0 unspecified atom stereocenters. The van der Waals surface area contributed by atoms with Crippen LogP contribution in [0.25, 0.3) is 0 Å². The first kappa shape index (κ1) is 18.4. The molecule has 0 atom stereocenters. The molecule has 7 heteroatoms. The molecule has 138 valence electrons. The molecule has 6 nitrogen and oxygen atoms in total. The molecule has 26 heavy (non-hydrogen) atoms. The quantitative estimate of drug-likeness (QED) is 0.888. The van der Waals surface area contributed by atoms with Crippen molar-refractivity contribution < 1.29 is 23.1 Å². The molecule has 0 aliphatic carbocycles. The minimum atomic E-state index is -3.69. The number of nitrogens with zero attached hydrogens (tertiary/aromatic N) is 1. The van der Waals surface area contributed by atoms with E-state index < -0.39 is 16.0 Å². The summed E-state index contributed by atoms with van der Waals surface area (Å²) >= 11 is 0. The lowest BCUT2D eigenvalue weighted by Gasteiger charge is -2.29. The fourth-order valence-corrected chi connectivity index (χ4v) is 5.26. The number of carbonyl (C=O) groups is 1. The van der Waals surface area contributed by atoms with Crippen molar-refractivity contribution in [2.75, 3.05) is 13.7 Å². The number of carboxylic acid groups (broad SMARTS) is 1. The van der Waals surface area contributed by atoms with Crippen LogP contribution >= 0.6 is 0 Å². The standard InChI is InChI=1S/C19H21NO5S/c1-12-8-17(25-3)9-13(2)18(12)26(23,24)20-7-6-14-4-5-15(19(21)22)10-16(14)11-20/h4-5,8-10H,6-7,11H2,1-3H3,(H,21,22). The zero-order valence-corrected chi connectivity index (χ0v) is 15.8. The minimum absolute atomic E-state index is 0.166. The smallest absolute Gasteiger partial charge is 0.335 e. The summed E-state index contributed by atoms with van der Waals surface area (Å²) in [6.07, 6.45) is 0.558. The molecule has 0 saturated carbocycles. The van der Waals surface area contributed by atoms with Crippen LogP contribution in [0.4, 0.5) is 0 Å². The van der Waals surface area contributed by atoms with Gasteiger partial charge in [-0.3, -0.25) is 0 Å². The summed E-state index contributed by atoms with van der Waals surface area (Å²) in [6.45, 7) is 4.04. The molecule has 1 heterocycles. The molecule has 0 amide bonds. The molecule has 0 aromatic heterocycles. The van der Waals surface area contributed by atoms with E-state index in [0.29, 0.717) is 29.8 Å². The molecule has 0 spiro atoms. The maximum Gasteiger partial charge on any atom is 0.335 e. The summed E-state index contributed by atoms with van der Waals surface area (Å²) < 4.78 is 33.1. The van der Waals surface area contributed by atoms with E-state index in [0.717, 1.165) is 11.1 Å². The van der Waals surface area contributed by atoms with Gasteiger partial charge >= 0.3 is 5.97 Å². The molecule has 1 N–H and O–H groups in total. The molecule has 0 bridgehead atoms. The van der Waals surface area contributed by atoms with Gasteiger partial charge in [0.1, 0.15) is 5.75 Å². The van der Waals surface area contributed by atoms with Crippen LogP contribution in [0.3, 0.4) is 0 Å². The van der Waals surface area contributed by atoms with Gasteiger partial charge in [-0.2, -0.15) is 4.31 Å². The average Bonchev–Trinajstić information content (AvgIpc) is 2.59. The Morgan fingerprint density at radius 1 is 1.12 bits per heavy atom. The average molecular weight is 375 g/mol. The van der Waals surface area contributed by atoms with Crippen molar-refractivity contribution in [1.82, 2.24) is 4.31 Å². The Hall–Kier alpha value is -2.38. The lowest BCUT2D eigenvalue weighted by atomic mass is 9.99. The number of rotatable bonds is 4. The minimum Gasteiger partial charge on any atom is -0.497 e. The van der Waals surface area contributed by atoms with Crippen molar-refractivity contribution in [3.8, 4) is 5.75 Å². The summed E-state index contributed by atoms with van der Waals surface area (Å²) in [4.78, 5) is 11.5. The van der Waals surface area contributed by atoms with Gasteiger partial charge in [0.25, 0.3) is 0 Å². The highest BCUT2D eigenvalue weighted by atomic mass is 32.2. The molecule has 0 radical (unpaired) electrons. The van der Waals surface area contributed by atoms with E-state index in [4.69, 9.17) is 9.84 Å². The monoisotopic (exact) mass is 375 g/mol. The van der Waals surface area contributed by atoms with Crippen molar-refractivity contribution in [2.45, 2.75) is 31.7 Å². The summed E-state index contributed by atoms with van der Waals surface area (Å²) in [7, 11) is -2.15. The van der Waals surface area contributed by atoms with Crippen molar-refractivity contribution in [1.29, 1.82) is 0 Å². The molecule has 1 aliphatic rings.